The number of aromatic nitrogens is 4. The van der Waals surface area contributed by atoms with Crippen LogP contribution in [0, 0.1) is 17.0 Å². The molecule has 0 radical (unpaired) electrons. The molecule has 2 N–H and O–H groups in total. The molecule has 3 rings (SSSR count). The maximum atomic E-state index is 12.0. The Morgan fingerprint density at radius 3 is 2.46 bits per heavy atom. The van der Waals surface area contributed by atoms with E-state index in [2.05, 4.69) is 10.1 Å². The number of benzene rings is 1. The van der Waals surface area contributed by atoms with Crippen molar-refractivity contribution in [2.45, 2.75) is 6.92 Å². The second-order valence-corrected chi connectivity index (χ2v) is 5.39. The lowest BCUT2D eigenvalue weighted by Crippen LogP contribution is -2.19. The average molecular weight is 329 g/mol. The number of fused-ring (bicyclic) bond motifs is 1. The van der Waals surface area contributed by atoms with Gasteiger partial charge in [0.25, 0.3) is 5.69 Å². The Bertz CT molecular complexity index is 1050. The summed E-state index contributed by atoms with van der Waals surface area (Å²) in [5.74, 6) is 0.180. The summed E-state index contributed by atoms with van der Waals surface area (Å²) < 4.78 is 4.11. The Hall–Kier alpha value is -3.43. The Morgan fingerprint density at radius 1 is 1.29 bits per heavy atom. The molecule has 0 aliphatic heterocycles. The van der Waals surface area contributed by atoms with E-state index < -0.39 is 4.92 Å². The van der Waals surface area contributed by atoms with Gasteiger partial charge in [0.15, 0.2) is 0 Å². The molecular weight excluding hydrogens is 314 g/mol. The van der Waals surface area contributed by atoms with E-state index in [1.54, 1.807) is 33.3 Å². The molecule has 0 spiro atoms. The fourth-order valence-corrected chi connectivity index (χ4v) is 2.53. The molecule has 3 aromatic rings. The molecule has 0 atom stereocenters. The van der Waals surface area contributed by atoms with Crippen LogP contribution in [0.3, 0.4) is 0 Å². The van der Waals surface area contributed by atoms with E-state index in [1.165, 1.54) is 26.1 Å². The summed E-state index contributed by atoms with van der Waals surface area (Å²) in [4.78, 5) is 26.8. The molecule has 0 unspecified atom stereocenters. The van der Waals surface area contributed by atoms with E-state index in [0.29, 0.717) is 16.7 Å². The first kappa shape index (κ1) is 15.5. The van der Waals surface area contributed by atoms with E-state index in [9.17, 15) is 14.9 Å². The van der Waals surface area contributed by atoms with Gasteiger partial charge in [0.05, 0.1) is 39.6 Å². The number of nitro benzene ring substituents is 1. The van der Waals surface area contributed by atoms with Crippen molar-refractivity contribution in [2.75, 3.05) is 5.73 Å². The molecule has 1 aromatic carbocycles. The second kappa shape index (κ2) is 5.33. The minimum Gasteiger partial charge on any atom is -0.368 e. The van der Waals surface area contributed by atoms with E-state index in [0.717, 1.165) is 0 Å². The Balaban J connectivity index is 2.20. The number of nitrogen functional groups attached to an aromatic ring is 1. The SMILES string of the molecule is Cc1cn(N=Cc2cc3c(cc2[N+](=O)[O-])n(C)c(=O)n3C)c(N)n1. The Labute approximate surface area is 135 Å². The largest absolute Gasteiger partial charge is 0.368 e. The van der Waals surface area contributed by atoms with E-state index in [1.807, 2.05) is 0 Å². The maximum Gasteiger partial charge on any atom is 0.328 e. The molecule has 0 fully saturated rings. The van der Waals surface area contributed by atoms with Gasteiger partial charge < -0.3 is 5.73 Å². The molecule has 10 nitrogen and oxygen atoms in total. The topological polar surface area (TPSA) is 126 Å². The molecule has 24 heavy (non-hydrogen) atoms. The molecule has 0 aliphatic carbocycles. The number of rotatable bonds is 3. The van der Waals surface area contributed by atoms with Crippen LogP contribution in [0.4, 0.5) is 11.6 Å². The summed E-state index contributed by atoms with van der Waals surface area (Å²) >= 11 is 0. The normalized spacial score (nSPS) is 11.6. The molecule has 2 aromatic heterocycles. The van der Waals surface area contributed by atoms with Crippen LogP contribution in [0.2, 0.25) is 0 Å². The van der Waals surface area contributed by atoms with Crippen molar-refractivity contribution in [3.05, 3.63) is 50.2 Å². The first-order valence-electron chi connectivity index (χ1n) is 6.99. The van der Waals surface area contributed by atoms with Crippen LogP contribution >= 0.6 is 0 Å². The number of nitro groups is 1. The van der Waals surface area contributed by atoms with Crippen LogP contribution in [-0.4, -0.2) is 29.9 Å². The molecule has 2 heterocycles. The molecular formula is C14H15N7O3. The summed E-state index contributed by atoms with van der Waals surface area (Å²) in [5.41, 5.74) is 7.28. The zero-order chi connectivity index (χ0) is 17.6. The van der Waals surface area contributed by atoms with E-state index in [-0.39, 0.29) is 22.9 Å². The average Bonchev–Trinajstić information content (AvgIpc) is 2.96. The quantitative estimate of drug-likeness (QED) is 0.431. The highest BCUT2D eigenvalue weighted by atomic mass is 16.6. The predicted molar refractivity (Wildman–Crippen MR) is 89.2 cm³/mol. The van der Waals surface area contributed by atoms with Crippen LogP contribution < -0.4 is 11.4 Å². The van der Waals surface area contributed by atoms with Gasteiger partial charge in [-0.05, 0) is 13.0 Å². The first-order chi connectivity index (χ1) is 11.3. The van der Waals surface area contributed by atoms with Crippen molar-refractivity contribution >= 4 is 28.9 Å². The van der Waals surface area contributed by atoms with Gasteiger partial charge in [-0.2, -0.15) is 5.10 Å². The van der Waals surface area contributed by atoms with Gasteiger partial charge in [-0.15, -0.1) is 0 Å². The fourth-order valence-electron chi connectivity index (χ4n) is 2.53. The van der Waals surface area contributed by atoms with Gasteiger partial charge in [-0.3, -0.25) is 19.2 Å². The van der Waals surface area contributed by atoms with Crippen LogP contribution in [0.5, 0.6) is 0 Å². The highest BCUT2D eigenvalue weighted by molar-refractivity contribution is 5.93. The third kappa shape index (κ3) is 2.33. The molecule has 124 valence electrons. The maximum absolute atomic E-state index is 12.0. The number of nitrogens with two attached hydrogens (primary N) is 1. The number of aryl methyl sites for hydroxylation is 3. The minimum absolute atomic E-state index is 0.150. The van der Waals surface area contributed by atoms with Crippen molar-refractivity contribution in [3.63, 3.8) is 0 Å². The summed E-state index contributed by atoms with van der Waals surface area (Å²) in [6.07, 6.45) is 2.93. The number of anilines is 1. The van der Waals surface area contributed by atoms with E-state index >= 15 is 0 Å². The lowest BCUT2D eigenvalue weighted by atomic mass is 10.1. The minimum atomic E-state index is -0.513. The Morgan fingerprint density at radius 2 is 1.92 bits per heavy atom. The van der Waals surface area contributed by atoms with Gasteiger partial charge in [-0.1, -0.05) is 0 Å². The van der Waals surface area contributed by atoms with Crippen LogP contribution in [0.15, 0.2) is 28.2 Å². The summed E-state index contributed by atoms with van der Waals surface area (Å²) in [6.45, 7) is 1.76. The summed E-state index contributed by atoms with van der Waals surface area (Å²) in [5, 5.41) is 15.5. The highest BCUT2D eigenvalue weighted by Crippen LogP contribution is 2.24. The molecule has 10 heteroatoms. The number of nitrogens with zero attached hydrogens (tertiary/aromatic N) is 6. The lowest BCUT2D eigenvalue weighted by Gasteiger charge is -2.01. The van der Waals surface area contributed by atoms with E-state index in [4.69, 9.17) is 5.73 Å². The molecule has 0 amide bonds. The van der Waals surface area contributed by atoms with Crippen LogP contribution in [-0.2, 0) is 14.1 Å². The molecule has 0 bridgehead atoms. The first-order valence-corrected chi connectivity index (χ1v) is 6.99. The summed E-state index contributed by atoms with van der Waals surface area (Å²) in [7, 11) is 3.17. The Kier molecular flexibility index (Phi) is 3.44. The zero-order valence-corrected chi connectivity index (χ0v) is 13.3. The van der Waals surface area contributed by atoms with Crippen molar-refractivity contribution < 1.29 is 4.92 Å². The van der Waals surface area contributed by atoms with Crippen molar-refractivity contribution in [1.82, 2.24) is 18.8 Å². The third-order valence-electron chi connectivity index (χ3n) is 3.77. The predicted octanol–water partition coefficient (Wildman–Crippen LogP) is 0.755. The van der Waals surface area contributed by atoms with Gasteiger partial charge in [0.2, 0.25) is 5.95 Å². The van der Waals surface area contributed by atoms with Crippen LogP contribution in [0.1, 0.15) is 11.3 Å². The lowest BCUT2D eigenvalue weighted by molar-refractivity contribution is -0.384. The molecule has 0 saturated carbocycles. The third-order valence-corrected chi connectivity index (χ3v) is 3.77. The standard InChI is InChI=1S/C14H15N7O3/c1-8-7-20(13(15)17-8)16-6-9-4-11-12(5-10(9)21(23)24)19(3)14(22)18(11)2/h4-7H,1-3H3,(H2,15,17). The van der Waals surface area contributed by atoms with Crippen molar-refractivity contribution in [1.29, 1.82) is 0 Å². The second-order valence-electron chi connectivity index (χ2n) is 5.39. The number of hydrogen-bond donors (Lipinski definition) is 1. The fraction of sp³-hybridized carbons (Fsp3) is 0.214. The van der Waals surface area contributed by atoms with Gasteiger partial charge in [-0.25, -0.2) is 14.5 Å². The highest BCUT2D eigenvalue weighted by Gasteiger charge is 2.18. The molecule has 0 aliphatic rings. The van der Waals surface area contributed by atoms with Crippen LogP contribution in [0.25, 0.3) is 11.0 Å². The van der Waals surface area contributed by atoms with Gasteiger partial charge in [0.1, 0.15) is 0 Å². The molecule has 0 saturated heterocycles. The monoisotopic (exact) mass is 329 g/mol. The number of hydrogen-bond acceptors (Lipinski definition) is 6. The number of imidazole rings is 2. The zero-order valence-electron chi connectivity index (χ0n) is 13.3. The van der Waals surface area contributed by atoms with Gasteiger partial charge in [0, 0.05) is 20.2 Å². The van der Waals surface area contributed by atoms with Crippen molar-refractivity contribution in [3.8, 4) is 0 Å². The smallest absolute Gasteiger partial charge is 0.328 e. The van der Waals surface area contributed by atoms with Gasteiger partial charge >= 0.3 is 5.69 Å². The summed E-state index contributed by atoms with van der Waals surface area (Å²) in [6, 6.07) is 2.92. The van der Waals surface area contributed by atoms with Crippen molar-refractivity contribution in [2.24, 2.45) is 19.2 Å².